The van der Waals surface area contributed by atoms with E-state index < -0.39 is 18.5 Å². The monoisotopic (exact) mass is 377 g/mol. The molecule has 7 heteroatoms. The average Bonchev–Trinajstić information content (AvgIpc) is 2.65. The first-order valence-electron chi connectivity index (χ1n) is 7.89. The molecule has 0 aliphatic rings. The lowest BCUT2D eigenvalue weighted by atomic mass is 10.1. The topological polar surface area (TPSA) is 73.9 Å². The predicted octanol–water partition coefficient (Wildman–Crippen LogP) is 3.39. The molecular formula is C19H20ClNO5. The molecule has 2 aromatic rings. The van der Waals surface area contributed by atoms with Gasteiger partial charge in [-0.1, -0.05) is 35.9 Å². The second kappa shape index (κ2) is 9.10. The van der Waals surface area contributed by atoms with Crippen LogP contribution in [0, 0.1) is 0 Å². The van der Waals surface area contributed by atoms with E-state index in [0.29, 0.717) is 16.5 Å². The van der Waals surface area contributed by atoms with Crippen LogP contribution in [-0.4, -0.2) is 32.7 Å². The Bertz CT molecular complexity index is 771. The molecule has 0 aliphatic carbocycles. The molecule has 6 nitrogen and oxygen atoms in total. The molecule has 2 aromatic carbocycles. The molecule has 0 saturated heterocycles. The molecule has 138 valence electrons. The van der Waals surface area contributed by atoms with E-state index in [2.05, 4.69) is 5.32 Å². The van der Waals surface area contributed by atoms with Gasteiger partial charge >= 0.3 is 5.97 Å². The molecule has 0 aliphatic heterocycles. The second-order valence-electron chi connectivity index (χ2n) is 5.42. The van der Waals surface area contributed by atoms with Crippen molar-refractivity contribution in [3.63, 3.8) is 0 Å². The number of hydrogen-bond donors (Lipinski definition) is 1. The molecule has 0 heterocycles. The Kier molecular flexibility index (Phi) is 6.86. The second-order valence-corrected chi connectivity index (χ2v) is 5.83. The largest absolute Gasteiger partial charge is 0.496 e. The fraction of sp³-hybridized carbons (Fsp3) is 0.263. The summed E-state index contributed by atoms with van der Waals surface area (Å²) < 4.78 is 15.4. The number of hydrogen-bond acceptors (Lipinski definition) is 5. The molecule has 0 aromatic heterocycles. The van der Waals surface area contributed by atoms with E-state index >= 15 is 0 Å². The third kappa shape index (κ3) is 4.67. The predicted molar refractivity (Wildman–Crippen MR) is 97.8 cm³/mol. The molecule has 26 heavy (non-hydrogen) atoms. The normalized spacial score (nSPS) is 11.4. The number of halogens is 1. The maximum Gasteiger partial charge on any atom is 0.346 e. The van der Waals surface area contributed by atoms with Crippen LogP contribution in [-0.2, 0) is 9.53 Å². The van der Waals surface area contributed by atoms with Crippen molar-refractivity contribution in [2.75, 3.05) is 20.8 Å². The molecule has 2 rings (SSSR count). The van der Waals surface area contributed by atoms with Gasteiger partial charge in [-0.2, -0.15) is 0 Å². The van der Waals surface area contributed by atoms with Crippen molar-refractivity contribution in [1.29, 1.82) is 0 Å². The molecule has 0 spiro atoms. The number of benzene rings is 2. The van der Waals surface area contributed by atoms with Gasteiger partial charge in [0.1, 0.15) is 17.1 Å². The zero-order valence-electron chi connectivity index (χ0n) is 14.7. The van der Waals surface area contributed by atoms with Crippen LogP contribution >= 0.6 is 11.6 Å². The first kappa shape index (κ1) is 19.6. The number of ether oxygens (including phenoxy) is 3. The summed E-state index contributed by atoms with van der Waals surface area (Å²) in [6.45, 7) is 1.36. The maximum atomic E-state index is 12.3. The number of methoxy groups -OCH3 is 2. The fourth-order valence-electron chi connectivity index (χ4n) is 2.44. The highest BCUT2D eigenvalue weighted by Crippen LogP contribution is 2.29. The van der Waals surface area contributed by atoms with E-state index in [1.807, 2.05) is 18.2 Å². The van der Waals surface area contributed by atoms with Crippen molar-refractivity contribution in [3.05, 3.63) is 58.6 Å². The first-order valence-corrected chi connectivity index (χ1v) is 8.27. The Labute approximate surface area is 157 Å². The fourth-order valence-corrected chi connectivity index (χ4v) is 2.74. The van der Waals surface area contributed by atoms with Crippen molar-refractivity contribution in [1.82, 2.24) is 5.32 Å². The maximum absolute atomic E-state index is 12.3. The number of nitrogens with one attached hydrogen (secondary N) is 1. The number of carbonyl (C=O) groups is 2. The van der Waals surface area contributed by atoms with Gasteiger partial charge in [-0.15, -0.1) is 0 Å². The molecule has 0 bridgehead atoms. The zero-order valence-corrected chi connectivity index (χ0v) is 15.5. The standard InChI is InChI=1S/C19H20ClNO5/c1-12(13-7-4-5-8-14(13)20)21-17(22)11-26-19(23)18-15(24-2)9-6-10-16(18)25-3/h4-10,12H,11H2,1-3H3,(H,21,22)/t12-/m1/s1. The van der Waals surface area contributed by atoms with Crippen LogP contribution in [0.4, 0.5) is 0 Å². The van der Waals surface area contributed by atoms with Gasteiger partial charge in [0, 0.05) is 5.02 Å². The summed E-state index contributed by atoms with van der Waals surface area (Å²) in [7, 11) is 2.87. The molecule has 0 unspecified atom stereocenters. The first-order chi connectivity index (χ1) is 12.5. The Morgan fingerprint density at radius 1 is 1.04 bits per heavy atom. The lowest BCUT2D eigenvalue weighted by Crippen LogP contribution is -2.31. The van der Waals surface area contributed by atoms with Crippen LogP contribution in [0.25, 0.3) is 0 Å². The van der Waals surface area contributed by atoms with Crippen LogP contribution in [0.1, 0.15) is 28.9 Å². The highest BCUT2D eigenvalue weighted by Gasteiger charge is 2.21. The lowest BCUT2D eigenvalue weighted by molar-refractivity contribution is -0.124. The third-order valence-electron chi connectivity index (χ3n) is 3.72. The average molecular weight is 378 g/mol. The minimum atomic E-state index is -0.708. The molecule has 0 radical (unpaired) electrons. The quantitative estimate of drug-likeness (QED) is 0.748. The summed E-state index contributed by atoms with van der Waals surface area (Å²) in [6.07, 6.45) is 0. The van der Waals surface area contributed by atoms with E-state index in [-0.39, 0.29) is 11.6 Å². The van der Waals surface area contributed by atoms with E-state index in [0.717, 1.165) is 5.56 Å². The van der Waals surface area contributed by atoms with Gasteiger partial charge < -0.3 is 19.5 Å². The zero-order chi connectivity index (χ0) is 19.1. The number of rotatable bonds is 7. The summed E-state index contributed by atoms with van der Waals surface area (Å²) in [5, 5.41) is 3.29. The van der Waals surface area contributed by atoms with Crippen molar-refractivity contribution < 1.29 is 23.8 Å². The molecular weight excluding hydrogens is 358 g/mol. The summed E-state index contributed by atoms with van der Waals surface area (Å²) in [4.78, 5) is 24.4. The molecule has 0 saturated carbocycles. The van der Waals surface area contributed by atoms with E-state index in [4.69, 9.17) is 25.8 Å². The van der Waals surface area contributed by atoms with Crippen molar-refractivity contribution in [2.45, 2.75) is 13.0 Å². The van der Waals surface area contributed by atoms with Crippen LogP contribution in [0.15, 0.2) is 42.5 Å². The number of carbonyl (C=O) groups excluding carboxylic acids is 2. The van der Waals surface area contributed by atoms with Crippen molar-refractivity contribution in [3.8, 4) is 11.5 Å². The Morgan fingerprint density at radius 2 is 1.65 bits per heavy atom. The Hall–Kier alpha value is -2.73. The number of esters is 1. The molecule has 1 N–H and O–H groups in total. The summed E-state index contributed by atoms with van der Waals surface area (Å²) in [5.74, 6) is -0.544. The van der Waals surface area contributed by atoms with Crippen LogP contribution < -0.4 is 14.8 Å². The van der Waals surface area contributed by atoms with Crippen LogP contribution in [0.5, 0.6) is 11.5 Å². The molecule has 1 amide bonds. The highest BCUT2D eigenvalue weighted by atomic mass is 35.5. The van der Waals surface area contributed by atoms with Gasteiger partial charge in [-0.05, 0) is 30.7 Å². The summed E-state index contributed by atoms with van der Waals surface area (Å²) in [6, 6.07) is 11.8. The third-order valence-corrected chi connectivity index (χ3v) is 4.06. The minimum Gasteiger partial charge on any atom is -0.496 e. The highest BCUT2D eigenvalue weighted by molar-refractivity contribution is 6.31. The summed E-state index contributed by atoms with van der Waals surface area (Å²) >= 11 is 6.11. The minimum absolute atomic E-state index is 0.129. The molecule has 0 fully saturated rings. The summed E-state index contributed by atoms with van der Waals surface area (Å²) in [5.41, 5.74) is 0.907. The number of amides is 1. The van der Waals surface area contributed by atoms with E-state index in [1.54, 1.807) is 31.2 Å². The Balaban J connectivity index is 2.00. The Morgan fingerprint density at radius 3 is 2.23 bits per heavy atom. The van der Waals surface area contributed by atoms with Crippen LogP contribution in [0.2, 0.25) is 5.02 Å². The van der Waals surface area contributed by atoms with Gasteiger partial charge in [0.05, 0.1) is 20.3 Å². The van der Waals surface area contributed by atoms with Crippen molar-refractivity contribution >= 4 is 23.5 Å². The van der Waals surface area contributed by atoms with Gasteiger partial charge in [-0.3, -0.25) is 4.79 Å². The van der Waals surface area contributed by atoms with Gasteiger partial charge in [0.2, 0.25) is 0 Å². The smallest absolute Gasteiger partial charge is 0.346 e. The van der Waals surface area contributed by atoms with Crippen LogP contribution in [0.3, 0.4) is 0 Å². The van der Waals surface area contributed by atoms with E-state index in [1.165, 1.54) is 14.2 Å². The molecule has 1 atom stereocenters. The SMILES string of the molecule is COc1cccc(OC)c1C(=O)OCC(=O)N[C@H](C)c1ccccc1Cl. The van der Waals surface area contributed by atoms with Crippen molar-refractivity contribution in [2.24, 2.45) is 0 Å². The van der Waals surface area contributed by atoms with E-state index in [9.17, 15) is 9.59 Å². The van der Waals surface area contributed by atoms with Gasteiger partial charge in [0.15, 0.2) is 6.61 Å². The lowest BCUT2D eigenvalue weighted by Gasteiger charge is -2.16. The van der Waals surface area contributed by atoms with Gasteiger partial charge in [-0.25, -0.2) is 4.79 Å². The van der Waals surface area contributed by atoms with Gasteiger partial charge in [0.25, 0.3) is 5.91 Å².